The van der Waals surface area contributed by atoms with Crippen molar-refractivity contribution < 1.29 is 13.5 Å². The van der Waals surface area contributed by atoms with Gasteiger partial charge in [0.15, 0.2) is 9.84 Å². The summed E-state index contributed by atoms with van der Waals surface area (Å²) < 4.78 is 24.5. The molecule has 0 bridgehead atoms. The number of hydrogen-bond donors (Lipinski definition) is 1. The molecule has 16 heavy (non-hydrogen) atoms. The van der Waals surface area contributed by atoms with E-state index in [1.165, 1.54) is 0 Å². The Kier molecular flexibility index (Phi) is 4.52. The second-order valence-electron chi connectivity index (χ2n) is 3.87. The maximum atomic E-state index is 11.9. The van der Waals surface area contributed by atoms with Gasteiger partial charge in [0.1, 0.15) is 0 Å². The minimum Gasteiger partial charge on any atom is -0.393 e. The lowest BCUT2D eigenvalue weighted by Gasteiger charge is -2.07. The molecule has 90 valence electrons. The first kappa shape index (κ1) is 13.7. The van der Waals surface area contributed by atoms with E-state index in [4.69, 9.17) is 5.11 Å². The first-order chi connectivity index (χ1) is 7.33. The molecule has 0 aliphatic rings. The van der Waals surface area contributed by atoms with Crippen molar-refractivity contribution in [2.45, 2.75) is 31.3 Å². The predicted molar refractivity (Wildman–Crippen MR) is 67.2 cm³/mol. The second kappa shape index (κ2) is 5.29. The maximum absolute atomic E-state index is 11.9. The Morgan fingerprint density at radius 2 is 2.06 bits per heavy atom. The van der Waals surface area contributed by atoms with Gasteiger partial charge in [-0.15, -0.1) is 0 Å². The highest BCUT2D eigenvalue weighted by molar-refractivity contribution is 9.10. The van der Waals surface area contributed by atoms with Crippen LogP contribution in [0.25, 0.3) is 0 Å². The molecule has 0 amide bonds. The highest BCUT2D eigenvalue weighted by Gasteiger charge is 2.16. The Hall–Kier alpha value is -0.390. The molecule has 0 radical (unpaired) electrons. The molecule has 0 aliphatic heterocycles. The summed E-state index contributed by atoms with van der Waals surface area (Å²) in [6.45, 7) is 3.48. The summed E-state index contributed by atoms with van der Waals surface area (Å²) >= 11 is 3.30. The van der Waals surface area contributed by atoms with Crippen LogP contribution in [0.15, 0.2) is 27.6 Å². The number of aryl methyl sites for hydroxylation is 1. The SMILES string of the molecule is Cc1ccc(S(=O)(=O)CCC(C)O)cc1Br. The molecular formula is C11H15BrO3S. The molecule has 1 unspecified atom stereocenters. The largest absolute Gasteiger partial charge is 0.393 e. The summed E-state index contributed by atoms with van der Waals surface area (Å²) in [6.07, 6.45) is -0.336. The van der Waals surface area contributed by atoms with Crippen LogP contribution >= 0.6 is 15.9 Å². The van der Waals surface area contributed by atoms with Crippen molar-refractivity contribution >= 4 is 25.8 Å². The van der Waals surface area contributed by atoms with Crippen LogP contribution in [0.5, 0.6) is 0 Å². The molecular weight excluding hydrogens is 292 g/mol. The van der Waals surface area contributed by atoms with Gasteiger partial charge in [-0.1, -0.05) is 22.0 Å². The van der Waals surface area contributed by atoms with Crippen LogP contribution in [0.3, 0.4) is 0 Å². The van der Waals surface area contributed by atoms with Crippen molar-refractivity contribution in [3.8, 4) is 0 Å². The van der Waals surface area contributed by atoms with Gasteiger partial charge in [0.25, 0.3) is 0 Å². The van der Waals surface area contributed by atoms with Crippen molar-refractivity contribution in [1.82, 2.24) is 0 Å². The van der Waals surface area contributed by atoms with Gasteiger partial charge in [-0.2, -0.15) is 0 Å². The van der Waals surface area contributed by atoms with Gasteiger partial charge in [-0.05, 0) is 38.0 Å². The van der Waals surface area contributed by atoms with Crippen molar-refractivity contribution in [3.63, 3.8) is 0 Å². The van der Waals surface area contributed by atoms with Gasteiger partial charge in [0.05, 0.1) is 16.8 Å². The number of halogens is 1. The highest BCUT2D eigenvalue weighted by atomic mass is 79.9. The molecule has 0 fully saturated rings. The van der Waals surface area contributed by atoms with E-state index in [1.54, 1.807) is 25.1 Å². The van der Waals surface area contributed by atoms with E-state index in [-0.39, 0.29) is 12.2 Å². The zero-order valence-electron chi connectivity index (χ0n) is 9.27. The number of rotatable bonds is 4. The average Bonchev–Trinajstić information content (AvgIpc) is 2.19. The molecule has 1 N–H and O–H groups in total. The Balaban J connectivity index is 2.94. The minimum atomic E-state index is -3.28. The van der Waals surface area contributed by atoms with E-state index in [0.29, 0.717) is 4.90 Å². The minimum absolute atomic E-state index is 0.0276. The summed E-state index contributed by atoms with van der Waals surface area (Å²) in [5.74, 6) is -0.0276. The molecule has 0 saturated heterocycles. The first-order valence-electron chi connectivity index (χ1n) is 5.00. The molecule has 0 heterocycles. The fourth-order valence-corrected chi connectivity index (χ4v) is 3.20. The van der Waals surface area contributed by atoms with E-state index in [9.17, 15) is 8.42 Å². The third-order valence-corrected chi connectivity index (χ3v) is 4.91. The standard InChI is InChI=1S/C11H15BrO3S/c1-8-3-4-10(7-11(8)12)16(14,15)6-5-9(2)13/h3-4,7,9,13H,5-6H2,1-2H3. The number of hydrogen-bond acceptors (Lipinski definition) is 3. The molecule has 0 saturated carbocycles. The topological polar surface area (TPSA) is 54.4 Å². The molecule has 0 aliphatic carbocycles. The van der Waals surface area contributed by atoms with Crippen molar-refractivity contribution in [3.05, 3.63) is 28.2 Å². The third kappa shape index (κ3) is 3.57. The maximum Gasteiger partial charge on any atom is 0.178 e. The second-order valence-corrected chi connectivity index (χ2v) is 6.83. The predicted octanol–water partition coefficient (Wildman–Crippen LogP) is 2.30. The molecule has 1 aromatic rings. The van der Waals surface area contributed by atoms with Crippen molar-refractivity contribution in [2.75, 3.05) is 5.75 Å². The lowest BCUT2D eigenvalue weighted by molar-refractivity contribution is 0.191. The van der Waals surface area contributed by atoms with Crippen molar-refractivity contribution in [2.24, 2.45) is 0 Å². The zero-order chi connectivity index (χ0) is 12.3. The molecule has 3 nitrogen and oxygen atoms in total. The smallest absolute Gasteiger partial charge is 0.178 e. The van der Waals surface area contributed by atoms with Crippen LogP contribution in [0.2, 0.25) is 0 Å². The van der Waals surface area contributed by atoms with Gasteiger partial charge >= 0.3 is 0 Å². The van der Waals surface area contributed by atoms with Crippen LogP contribution < -0.4 is 0 Å². The van der Waals surface area contributed by atoms with Crippen LogP contribution in [0, 0.1) is 6.92 Å². The number of sulfone groups is 1. The monoisotopic (exact) mass is 306 g/mol. The average molecular weight is 307 g/mol. The lowest BCUT2D eigenvalue weighted by Crippen LogP contribution is -2.12. The molecule has 0 aromatic heterocycles. The fraction of sp³-hybridized carbons (Fsp3) is 0.455. The van der Waals surface area contributed by atoms with E-state index >= 15 is 0 Å². The summed E-state index contributed by atoms with van der Waals surface area (Å²) in [5, 5.41) is 9.09. The Morgan fingerprint density at radius 1 is 1.44 bits per heavy atom. The van der Waals surface area contributed by atoms with E-state index in [1.807, 2.05) is 6.92 Å². The first-order valence-corrected chi connectivity index (χ1v) is 7.44. The highest BCUT2D eigenvalue weighted by Crippen LogP contribution is 2.21. The van der Waals surface area contributed by atoms with Crippen LogP contribution in [-0.2, 0) is 9.84 Å². The van der Waals surface area contributed by atoms with Crippen LogP contribution in [0.4, 0.5) is 0 Å². The molecule has 1 atom stereocenters. The molecule has 0 spiro atoms. The number of aliphatic hydroxyl groups excluding tert-OH is 1. The fourth-order valence-electron chi connectivity index (χ4n) is 1.21. The zero-order valence-corrected chi connectivity index (χ0v) is 11.7. The van der Waals surface area contributed by atoms with Gasteiger partial charge in [-0.3, -0.25) is 0 Å². The van der Waals surface area contributed by atoms with Crippen LogP contribution in [-0.4, -0.2) is 25.4 Å². The quantitative estimate of drug-likeness (QED) is 0.928. The van der Waals surface area contributed by atoms with Gasteiger partial charge in [0.2, 0.25) is 0 Å². The van der Waals surface area contributed by atoms with Crippen molar-refractivity contribution in [1.29, 1.82) is 0 Å². The Bertz CT molecular complexity index is 466. The lowest BCUT2D eigenvalue weighted by atomic mass is 10.2. The molecule has 1 aromatic carbocycles. The number of aliphatic hydroxyl groups is 1. The molecule has 1 rings (SSSR count). The van der Waals surface area contributed by atoms with Crippen LogP contribution in [0.1, 0.15) is 18.9 Å². The summed E-state index contributed by atoms with van der Waals surface area (Å²) in [5.41, 5.74) is 0.995. The summed E-state index contributed by atoms with van der Waals surface area (Å²) in [7, 11) is -3.28. The Labute approximate surface area is 105 Å². The van der Waals surface area contributed by atoms with Gasteiger partial charge in [0, 0.05) is 4.47 Å². The normalized spacial score (nSPS) is 13.8. The van der Waals surface area contributed by atoms with E-state index in [2.05, 4.69) is 15.9 Å². The summed E-state index contributed by atoms with van der Waals surface area (Å²) in [4.78, 5) is 0.297. The Morgan fingerprint density at radius 3 is 2.56 bits per heavy atom. The number of benzene rings is 1. The van der Waals surface area contributed by atoms with E-state index in [0.717, 1.165) is 10.0 Å². The van der Waals surface area contributed by atoms with Gasteiger partial charge < -0.3 is 5.11 Å². The molecule has 5 heteroatoms. The third-order valence-electron chi connectivity index (χ3n) is 2.31. The van der Waals surface area contributed by atoms with Gasteiger partial charge in [-0.25, -0.2) is 8.42 Å². The summed E-state index contributed by atoms with van der Waals surface area (Å²) in [6, 6.07) is 4.96. The van der Waals surface area contributed by atoms with E-state index < -0.39 is 15.9 Å².